The van der Waals surface area contributed by atoms with Crippen LogP contribution in [0.4, 0.5) is 0 Å². The Kier molecular flexibility index (Phi) is 8.73. The molecule has 4 aliphatic carbocycles. The van der Waals surface area contributed by atoms with E-state index in [-0.39, 0.29) is 68.3 Å². The lowest BCUT2D eigenvalue weighted by Gasteiger charge is -2.70. The minimum Gasteiger partial charge on any atom is -0.461 e. The van der Waals surface area contributed by atoms with Crippen molar-refractivity contribution in [3.05, 3.63) is 33.6 Å². The molecule has 1 saturated heterocycles. The van der Waals surface area contributed by atoms with Gasteiger partial charge in [0.25, 0.3) is 5.56 Å². The number of ether oxygens (including phenoxy) is 2. The predicted molar refractivity (Wildman–Crippen MR) is 196 cm³/mol. The summed E-state index contributed by atoms with van der Waals surface area (Å²) in [6.07, 6.45) is 10.0. The summed E-state index contributed by atoms with van der Waals surface area (Å²) >= 11 is 7.40. The van der Waals surface area contributed by atoms with E-state index in [0.29, 0.717) is 38.8 Å². The van der Waals surface area contributed by atoms with Gasteiger partial charge in [0.05, 0.1) is 39.0 Å². The Bertz CT molecular complexity index is 1690. The van der Waals surface area contributed by atoms with Crippen molar-refractivity contribution in [1.29, 1.82) is 0 Å². The number of hydrogen-bond donors (Lipinski definition) is 2. The van der Waals surface area contributed by atoms with Crippen LogP contribution in [0, 0.1) is 45.3 Å². The number of aromatic amines is 1. The molecule has 10 atom stereocenters. The number of nitrogens with one attached hydrogen (secondary N) is 1. The van der Waals surface area contributed by atoms with Gasteiger partial charge in [0.1, 0.15) is 6.10 Å². The first-order chi connectivity index (χ1) is 22.8. The lowest BCUT2D eigenvalue weighted by molar-refractivity contribution is -0.258. The lowest BCUT2D eigenvalue weighted by atomic mass is 9.35. The lowest BCUT2D eigenvalue weighted by Crippen LogP contribution is -2.67. The molecule has 1 aromatic carbocycles. The van der Waals surface area contributed by atoms with Crippen molar-refractivity contribution in [3.8, 4) is 0 Å². The summed E-state index contributed by atoms with van der Waals surface area (Å²) in [7, 11) is 0. The Morgan fingerprint density at radius 2 is 1.73 bits per heavy atom. The highest BCUT2D eigenvalue weighted by Gasteiger charge is 2.72. The van der Waals surface area contributed by atoms with Crippen molar-refractivity contribution >= 4 is 40.2 Å². The standard InChI is InChI=1S/C40H57ClN2O5S/c1-35(2)16-10-17-40(8,48-35)23-13-19-39(7)32(23)26(44)21-28-37(5)18-15-29(36(3,4)27(37)14-20-38(28,39)6)47-30(45)22-49-34-42-25-12-9-11-24(41)31(25)33(46)43-34/h9,11-12,23,26-29,32,44H,10,13-22H2,1-8H3,(H,42,43,46)/t23-,26-,27+,28+,29+,32+,37+,38-,39-,40-/m1/s1. The van der Waals surface area contributed by atoms with E-state index in [1.165, 1.54) is 18.2 Å². The fraction of sp³-hybridized carbons (Fsp3) is 0.775. The minimum absolute atomic E-state index is 0.0458. The number of carbonyl (C=O) groups excluding carboxylic acids is 1. The van der Waals surface area contributed by atoms with Crippen LogP contribution >= 0.6 is 23.4 Å². The third-order valence-corrected chi connectivity index (χ3v) is 16.5. The summed E-state index contributed by atoms with van der Waals surface area (Å²) in [4.78, 5) is 33.2. The van der Waals surface area contributed by atoms with Crippen molar-refractivity contribution < 1.29 is 19.4 Å². The molecule has 270 valence electrons. The highest BCUT2D eigenvalue weighted by atomic mass is 35.5. The highest BCUT2D eigenvalue weighted by Crippen LogP contribution is 2.76. The number of fused-ring (bicyclic) bond motifs is 6. The van der Waals surface area contributed by atoms with E-state index in [4.69, 9.17) is 21.1 Å². The van der Waals surface area contributed by atoms with Crippen molar-refractivity contribution in [2.45, 2.75) is 148 Å². The molecule has 1 aromatic heterocycles. The maximum Gasteiger partial charge on any atom is 0.316 e. The Labute approximate surface area is 301 Å². The van der Waals surface area contributed by atoms with E-state index in [2.05, 4.69) is 65.4 Å². The van der Waals surface area contributed by atoms with E-state index >= 15 is 0 Å². The Morgan fingerprint density at radius 3 is 2.47 bits per heavy atom. The average Bonchev–Trinajstić information content (AvgIpc) is 3.39. The minimum atomic E-state index is -0.335. The molecule has 0 amide bonds. The van der Waals surface area contributed by atoms with Crippen molar-refractivity contribution in [2.24, 2.45) is 45.3 Å². The molecule has 9 heteroatoms. The summed E-state index contributed by atoms with van der Waals surface area (Å²) < 4.78 is 13.2. The van der Waals surface area contributed by atoms with E-state index in [0.717, 1.165) is 57.8 Å². The van der Waals surface area contributed by atoms with Gasteiger partial charge in [0.2, 0.25) is 0 Å². The van der Waals surface area contributed by atoms with Crippen LogP contribution in [0.15, 0.2) is 28.2 Å². The van der Waals surface area contributed by atoms with Gasteiger partial charge in [-0.25, -0.2) is 4.98 Å². The number of carbonyl (C=O) groups is 1. The van der Waals surface area contributed by atoms with Gasteiger partial charge in [0, 0.05) is 5.41 Å². The molecule has 2 aromatic rings. The van der Waals surface area contributed by atoms with Crippen LogP contribution in [0.5, 0.6) is 0 Å². The summed E-state index contributed by atoms with van der Waals surface area (Å²) in [5, 5.41) is 13.3. The van der Waals surface area contributed by atoms with Crippen LogP contribution < -0.4 is 5.56 Å². The zero-order chi connectivity index (χ0) is 35.4. The van der Waals surface area contributed by atoms with Gasteiger partial charge in [-0.3, -0.25) is 9.59 Å². The van der Waals surface area contributed by atoms with E-state index in [1.54, 1.807) is 18.2 Å². The van der Waals surface area contributed by atoms with Crippen LogP contribution in [0.3, 0.4) is 0 Å². The molecule has 5 aliphatic rings. The monoisotopic (exact) mass is 712 g/mol. The fourth-order valence-corrected chi connectivity index (χ4v) is 13.9. The van der Waals surface area contributed by atoms with Crippen molar-refractivity contribution in [3.63, 3.8) is 0 Å². The zero-order valence-electron chi connectivity index (χ0n) is 30.8. The van der Waals surface area contributed by atoms with Crippen LogP contribution in [-0.2, 0) is 14.3 Å². The number of halogens is 1. The molecule has 7 rings (SSSR count). The molecular formula is C40H57ClN2O5S. The third kappa shape index (κ3) is 5.55. The molecule has 49 heavy (non-hydrogen) atoms. The van der Waals surface area contributed by atoms with Crippen LogP contribution in [-0.4, -0.2) is 50.2 Å². The smallest absolute Gasteiger partial charge is 0.316 e. The molecule has 0 bridgehead atoms. The summed E-state index contributed by atoms with van der Waals surface area (Å²) in [5.74, 6) is 1.19. The van der Waals surface area contributed by atoms with Crippen molar-refractivity contribution in [1.82, 2.24) is 9.97 Å². The van der Waals surface area contributed by atoms with Gasteiger partial charge in [-0.1, -0.05) is 64.0 Å². The fourth-order valence-electron chi connectivity index (χ4n) is 13.0. The molecule has 0 spiro atoms. The molecule has 1 aliphatic heterocycles. The van der Waals surface area contributed by atoms with E-state index < -0.39 is 0 Å². The normalized spacial score (nSPS) is 42.6. The van der Waals surface area contributed by atoms with Crippen LogP contribution in [0.1, 0.15) is 120 Å². The van der Waals surface area contributed by atoms with Gasteiger partial charge >= 0.3 is 5.97 Å². The average molecular weight is 713 g/mol. The number of H-pyrrole nitrogens is 1. The largest absolute Gasteiger partial charge is 0.461 e. The maximum atomic E-state index is 13.3. The number of esters is 1. The Balaban J connectivity index is 1.07. The van der Waals surface area contributed by atoms with Gasteiger partial charge in [-0.05, 0) is 137 Å². The number of aliphatic hydroxyl groups is 1. The number of hydrogen-bond acceptors (Lipinski definition) is 7. The quantitative estimate of drug-likeness (QED) is 0.181. The molecule has 5 fully saturated rings. The molecule has 2 heterocycles. The van der Waals surface area contributed by atoms with Crippen LogP contribution in [0.25, 0.3) is 10.9 Å². The summed E-state index contributed by atoms with van der Waals surface area (Å²) in [6, 6.07) is 5.18. The molecule has 7 nitrogen and oxygen atoms in total. The number of aromatic nitrogens is 2. The predicted octanol–water partition coefficient (Wildman–Crippen LogP) is 8.97. The van der Waals surface area contributed by atoms with Crippen LogP contribution in [0.2, 0.25) is 5.02 Å². The first-order valence-electron chi connectivity index (χ1n) is 18.7. The van der Waals surface area contributed by atoms with Crippen molar-refractivity contribution in [2.75, 3.05) is 5.75 Å². The Hall–Kier alpha value is -1.61. The number of thioether (sulfide) groups is 1. The Morgan fingerprint density at radius 1 is 1.00 bits per heavy atom. The topological polar surface area (TPSA) is 102 Å². The van der Waals surface area contributed by atoms with Gasteiger partial charge in [-0.2, -0.15) is 0 Å². The summed E-state index contributed by atoms with van der Waals surface area (Å²) in [6.45, 7) is 19.0. The second-order valence-corrected chi connectivity index (χ2v) is 20.0. The molecular weight excluding hydrogens is 656 g/mol. The number of benzene rings is 1. The maximum absolute atomic E-state index is 13.3. The van der Waals surface area contributed by atoms with Gasteiger partial charge < -0.3 is 19.6 Å². The highest BCUT2D eigenvalue weighted by molar-refractivity contribution is 7.99. The van der Waals surface area contributed by atoms with Gasteiger partial charge in [0.15, 0.2) is 5.16 Å². The number of aliphatic hydroxyl groups excluding tert-OH is 1. The van der Waals surface area contributed by atoms with Gasteiger partial charge in [-0.15, -0.1) is 0 Å². The second kappa shape index (κ2) is 12.0. The molecule has 0 unspecified atom stereocenters. The second-order valence-electron chi connectivity index (χ2n) is 18.6. The summed E-state index contributed by atoms with van der Waals surface area (Å²) in [5.41, 5.74) is -0.101. The molecule has 0 radical (unpaired) electrons. The SMILES string of the molecule is CC1(C)CCC[C@](C)([C@@H]2CC[C@]3(C)[C@@H]2[C@H](O)C[C@H]2[C@@]4(C)CC[C@H](OC(=O)CSc5nc6cccc(Cl)c6c(=O)[nH]5)C(C)(C)[C@@H]4CC[C@]23C)O1. The first-order valence-corrected chi connectivity index (χ1v) is 20.1. The van der Waals surface area contributed by atoms with E-state index in [9.17, 15) is 14.7 Å². The number of nitrogens with zero attached hydrogens (tertiary/aromatic N) is 1. The third-order valence-electron chi connectivity index (χ3n) is 15.3. The number of rotatable bonds is 5. The zero-order valence-corrected chi connectivity index (χ0v) is 32.4. The van der Waals surface area contributed by atoms with E-state index in [1.807, 2.05) is 0 Å². The first kappa shape index (κ1) is 35.8. The molecule has 4 saturated carbocycles. The molecule has 2 N–H and O–H groups in total.